The molecule has 1 saturated carbocycles. The van der Waals surface area contributed by atoms with Crippen molar-refractivity contribution < 1.29 is 0 Å². The summed E-state index contributed by atoms with van der Waals surface area (Å²) in [5, 5.41) is 0. The summed E-state index contributed by atoms with van der Waals surface area (Å²) in [6.45, 7) is 11.1. The summed E-state index contributed by atoms with van der Waals surface area (Å²) in [7, 11) is 0. The third-order valence-electron chi connectivity index (χ3n) is 5.11. The van der Waals surface area contributed by atoms with Gasteiger partial charge in [0.2, 0.25) is 0 Å². The Balaban J connectivity index is 2.11. The fourth-order valence-electron chi connectivity index (χ4n) is 3.80. The predicted molar refractivity (Wildman–Crippen MR) is 85.1 cm³/mol. The second-order valence-corrected chi connectivity index (χ2v) is 6.57. The van der Waals surface area contributed by atoms with E-state index in [-0.39, 0.29) is 0 Å². The molecule has 0 aliphatic heterocycles. The van der Waals surface area contributed by atoms with Gasteiger partial charge in [-0.3, -0.25) is 0 Å². The molecule has 0 bridgehead atoms. The molecule has 0 aromatic heterocycles. The van der Waals surface area contributed by atoms with Gasteiger partial charge in [-0.05, 0) is 69.6 Å². The van der Waals surface area contributed by atoms with E-state index in [0.717, 1.165) is 24.2 Å². The molecule has 0 aromatic carbocycles. The first-order valence-corrected chi connectivity index (χ1v) is 8.19. The van der Waals surface area contributed by atoms with E-state index in [0.29, 0.717) is 0 Å². The highest BCUT2D eigenvalue weighted by atomic mass is 14.3. The van der Waals surface area contributed by atoms with Gasteiger partial charge in [0, 0.05) is 0 Å². The molecule has 19 heavy (non-hydrogen) atoms. The molecule has 106 valence electrons. The van der Waals surface area contributed by atoms with Crippen LogP contribution in [0.5, 0.6) is 0 Å². The molecule has 3 atom stereocenters. The van der Waals surface area contributed by atoms with Crippen LogP contribution < -0.4 is 0 Å². The number of hydrogen-bond acceptors (Lipinski definition) is 0. The molecule has 0 saturated heterocycles. The Hall–Kier alpha value is -0.780. The van der Waals surface area contributed by atoms with Gasteiger partial charge in [0.1, 0.15) is 0 Å². The maximum absolute atomic E-state index is 4.23. The fourth-order valence-corrected chi connectivity index (χ4v) is 3.80. The number of hydrogen-bond donors (Lipinski definition) is 0. The summed E-state index contributed by atoms with van der Waals surface area (Å²) in [4.78, 5) is 0. The molecular weight excluding hydrogens is 228 g/mol. The zero-order valence-electron chi connectivity index (χ0n) is 13.0. The largest absolute Gasteiger partial charge is 0.0999 e. The number of rotatable bonds is 5. The molecule has 0 amide bonds. The van der Waals surface area contributed by atoms with Crippen molar-refractivity contribution in [3.63, 3.8) is 0 Å². The van der Waals surface area contributed by atoms with Crippen LogP contribution in [0.4, 0.5) is 0 Å². The standard InChI is InChI=1S/C19H30/c1-5-14(3)12-18-10-9-17(6-2)19(18)13-16-8-7-15(4)11-16/h11,13,16-18H,3,5-10,12H2,1-2,4H3/b19-13-/t16?,17?,18-/m0/s1. The van der Waals surface area contributed by atoms with Crippen LogP contribution in [-0.2, 0) is 0 Å². The lowest BCUT2D eigenvalue weighted by Gasteiger charge is -2.18. The minimum absolute atomic E-state index is 0.722. The molecule has 2 aliphatic carbocycles. The molecule has 0 aromatic rings. The lowest BCUT2D eigenvalue weighted by molar-refractivity contribution is 0.599. The Morgan fingerprint density at radius 2 is 2.00 bits per heavy atom. The SMILES string of the molecule is C=C(CC)C[C@@H]1CCC(CC)/C1=C/C1C=C(C)CC1. The van der Waals surface area contributed by atoms with Crippen LogP contribution in [0, 0.1) is 17.8 Å². The van der Waals surface area contributed by atoms with Crippen molar-refractivity contribution in [2.75, 3.05) is 0 Å². The lowest BCUT2D eigenvalue weighted by Crippen LogP contribution is -2.05. The van der Waals surface area contributed by atoms with Gasteiger partial charge in [-0.15, -0.1) is 0 Å². The molecule has 0 heterocycles. The first kappa shape index (κ1) is 14.6. The van der Waals surface area contributed by atoms with Crippen LogP contribution in [0.1, 0.15) is 65.7 Å². The highest BCUT2D eigenvalue weighted by Gasteiger charge is 2.30. The van der Waals surface area contributed by atoms with Gasteiger partial charge in [0.05, 0.1) is 0 Å². The van der Waals surface area contributed by atoms with Crippen LogP contribution >= 0.6 is 0 Å². The van der Waals surface area contributed by atoms with E-state index in [1.54, 1.807) is 11.1 Å². The van der Waals surface area contributed by atoms with Crippen molar-refractivity contribution in [2.45, 2.75) is 65.7 Å². The molecule has 2 aliphatic rings. The van der Waals surface area contributed by atoms with E-state index < -0.39 is 0 Å². The quantitative estimate of drug-likeness (QED) is 0.526. The topological polar surface area (TPSA) is 0 Å². The third kappa shape index (κ3) is 3.61. The molecule has 2 unspecified atom stereocenters. The molecule has 0 radical (unpaired) electrons. The van der Waals surface area contributed by atoms with Crippen molar-refractivity contribution in [1.29, 1.82) is 0 Å². The highest BCUT2D eigenvalue weighted by Crippen LogP contribution is 2.43. The monoisotopic (exact) mass is 258 g/mol. The zero-order valence-corrected chi connectivity index (χ0v) is 13.0. The van der Waals surface area contributed by atoms with Crippen molar-refractivity contribution >= 4 is 0 Å². The van der Waals surface area contributed by atoms with Crippen LogP contribution in [0.3, 0.4) is 0 Å². The minimum atomic E-state index is 0.722. The van der Waals surface area contributed by atoms with Gasteiger partial charge in [0.15, 0.2) is 0 Å². The van der Waals surface area contributed by atoms with Gasteiger partial charge < -0.3 is 0 Å². The Bertz CT molecular complexity index is 383. The van der Waals surface area contributed by atoms with Crippen molar-refractivity contribution in [3.05, 3.63) is 35.5 Å². The molecule has 0 nitrogen and oxygen atoms in total. The van der Waals surface area contributed by atoms with E-state index in [4.69, 9.17) is 0 Å². The molecule has 2 rings (SSSR count). The summed E-state index contributed by atoms with van der Waals surface area (Å²) in [5.74, 6) is 2.37. The summed E-state index contributed by atoms with van der Waals surface area (Å²) < 4.78 is 0. The summed E-state index contributed by atoms with van der Waals surface area (Å²) in [6, 6.07) is 0. The average Bonchev–Trinajstić information content (AvgIpc) is 2.97. The van der Waals surface area contributed by atoms with Gasteiger partial charge in [-0.25, -0.2) is 0 Å². The zero-order chi connectivity index (χ0) is 13.8. The van der Waals surface area contributed by atoms with Gasteiger partial charge >= 0.3 is 0 Å². The average molecular weight is 258 g/mol. The number of allylic oxidation sites excluding steroid dienone is 5. The Kier molecular flexibility index (Phi) is 5.07. The highest BCUT2D eigenvalue weighted by molar-refractivity contribution is 5.24. The van der Waals surface area contributed by atoms with E-state index >= 15 is 0 Å². The normalized spacial score (nSPS) is 32.9. The fraction of sp³-hybridized carbons (Fsp3) is 0.684. The van der Waals surface area contributed by atoms with Crippen LogP contribution in [0.2, 0.25) is 0 Å². The van der Waals surface area contributed by atoms with Gasteiger partial charge in [-0.1, -0.05) is 49.3 Å². The Labute approximate surface area is 119 Å². The maximum Gasteiger partial charge on any atom is -0.00450 e. The van der Waals surface area contributed by atoms with E-state index in [2.05, 4.69) is 39.5 Å². The molecule has 0 spiro atoms. The van der Waals surface area contributed by atoms with E-state index in [1.165, 1.54) is 44.1 Å². The van der Waals surface area contributed by atoms with E-state index in [9.17, 15) is 0 Å². The van der Waals surface area contributed by atoms with Crippen molar-refractivity contribution in [2.24, 2.45) is 17.8 Å². The second kappa shape index (κ2) is 6.59. The first-order valence-electron chi connectivity index (χ1n) is 8.19. The Morgan fingerprint density at radius 1 is 1.26 bits per heavy atom. The third-order valence-corrected chi connectivity index (χ3v) is 5.11. The van der Waals surface area contributed by atoms with Crippen LogP contribution in [-0.4, -0.2) is 0 Å². The van der Waals surface area contributed by atoms with Gasteiger partial charge in [-0.2, -0.15) is 0 Å². The van der Waals surface area contributed by atoms with Crippen LogP contribution in [0.15, 0.2) is 35.5 Å². The molecular formula is C19H30. The summed E-state index contributed by atoms with van der Waals surface area (Å²) in [5.41, 5.74) is 4.79. The molecule has 1 fully saturated rings. The Morgan fingerprint density at radius 3 is 2.58 bits per heavy atom. The first-order chi connectivity index (χ1) is 9.13. The lowest BCUT2D eigenvalue weighted by atomic mass is 9.87. The minimum Gasteiger partial charge on any atom is -0.0999 e. The predicted octanol–water partition coefficient (Wildman–Crippen LogP) is 6.06. The maximum atomic E-state index is 4.23. The summed E-state index contributed by atoms with van der Waals surface area (Å²) in [6.07, 6.45) is 14.2. The summed E-state index contributed by atoms with van der Waals surface area (Å²) >= 11 is 0. The molecule has 0 heteroatoms. The van der Waals surface area contributed by atoms with Crippen molar-refractivity contribution in [3.8, 4) is 0 Å². The second-order valence-electron chi connectivity index (χ2n) is 6.57. The van der Waals surface area contributed by atoms with Gasteiger partial charge in [0.25, 0.3) is 0 Å². The van der Waals surface area contributed by atoms with E-state index in [1.807, 2.05) is 0 Å². The molecule has 0 N–H and O–H groups in total. The smallest absolute Gasteiger partial charge is 0.00450 e. The van der Waals surface area contributed by atoms with Crippen LogP contribution in [0.25, 0.3) is 0 Å². The van der Waals surface area contributed by atoms with Crippen molar-refractivity contribution in [1.82, 2.24) is 0 Å².